The Balaban J connectivity index is 1.67. The van der Waals surface area contributed by atoms with Crippen molar-refractivity contribution in [3.8, 4) is 0 Å². The summed E-state index contributed by atoms with van der Waals surface area (Å²) in [7, 11) is 0. The number of nitrogens with zero attached hydrogens (tertiary/aromatic N) is 2. The topological polar surface area (TPSA) is 59.1 Å². The molecule has 0 bridgehead atoms. The summed E-state index contributed by atoms with van der Waals surface area (Å²) in [4.78, 5) is 27.9. The number of hydrogen-bond donors (Lipinski definition) is 0. The first-order valence-corrected chi connectivity index (χ1v) is 9.53. The first kappa shape index (κ1) is 21.6. The Labute approximate surface area is 166 Å². The fourth-order valence-electron chi connectivity index (χ4n) is 2.81. The molecule has 0 spiro atoms. The highest BCUT2D eigenvalue weighted by molar-refractivity contribution is 5.94. The van der Waals surface area contributed by atoms with Gasteiger partial charge in [-0.05, 0) is 38.1 Å². The maximum absolute atomic E-state index is 12.3. The summed E-state index contributed by atoms with van der Waals surface area (Å²) in [6.45, 7) is 5.45. The molecule has 0 atom stereocenters. The van der Waals surface area contributed by atoms with Gasteiger partial charge in [0.15, 0.2) is 0 Å². The molecule has 2 aromatic rings. The van der Waals surface area contributed by atoms with Gasteiger partial charge in [-0.1, -0.05) is 36.4 Å². The zero-order valence-corrected chi connectivity index (χ0v) is 16.5. The van der Waals surface area contributed by atoms with E-state index in [-0.39, 0.29) is 38.2 Å². The Kier molecular flexibility index (Phi) is 9.18. The number of likely N-dealkylation sites (N-methyl/N-ethyl adjacent to an activating group) is 2. The van der Waals surface area contributed by atoms with E-state index in [0.717, 1.165) is 11.4 Å². The summed E-state index contributed by atoms with van der Waals surface area (Å²) < 4.78 is 10.8. The molecular formula is C22H28N2O4. The van der Waals surface area contributed by atoms with Crippen molar-refractivity contribution in [1.82, 2.24) is 0 Å². The van der Waals surface area contributed by atoms with Gasteiger partial charge in [-0.3, -0.25) is 9.59 Å². The van der Waals surface area contributed by atoms with Gasteiger partial charge in [0.25, 0.3) is 11.8 Å². The molecule has 0 unspecified atom stereocenters. The molecule has 6 nitrogen and oxygen atoms in total. The molecule has 0 aliphatic rings. The second-order valence-electron chi connectivity index (χ2n) is 6.05. The number of ether oxygens (including phenoxy) is 2. The van der Waals surface area contributed by atoms with Crippen molar-refractivity contribution in [2.45, 2.75) is 13.8 Å². The lowest BCUT2D eigenvalue weighted by Gasteiger charge is -2.21. The van der Waals surface area contributed by atoms with Crippen LogP contribution >= 0.6 is 0 Å². The van der Waals surface area contributed by atoms with Gasteiger partial charge in [0.1, 0.15) is 13.2 Å². The summed E-state index contributed by atoms with van der Waals surface area (Å²) in [6.07, 6.45) is 0. The molecule has 0 aliphatic heterocycles. The lowest BCUT2D eigenvalue weighted by Crippen LogP contribution is -2.35. The predicted octanol–water partition coefficient (Wildman–Crippen LogP) is 3.13. The monoisotopic (exact) mass is 384 g/mol. The third-order valence-electron chi connectivity index (χ3n) is 4.19. The van der Waals surface area contributed by atoms with Crippen LogP contribution in [0.15, 0.2) is 60.7 Å². The molecule has 2 rings (SSSR count). The van der Waals surface area contributed by atoms with Crippen molar-refractivity contribution in [2.75, 3.05) is 49.3 Å². The Morgan fingerprint density at radius 3 is 1.36 bits per heavy atom. The maximum Gasteiger partial charge on any atom is 0.252 e. The van der Waals surface area contributed by atoms with Crippen molar-refractivity contribution in [3.63, 3.8) is 0 Å². The van der Waals surface area contributed by atoms with Crippen LogP contribution in [0.25, 0.3) is 0 Å². The molecule has 2 aromatic carbocycles. The number of hydrogen-bond acceptors (Lipinski definition) is 4. The Morgan fingerprint density at radius 1 is 0.679 bits per heavy atom. The zero-order valence-electron chi connectivity index (χ0n) is 16.5. The molecule has 0 fully saturated rings. The van der Waals surface area contributed by atoms with E-state index in [4.69, 9.17) is 9.47 Å². The van der Waals surface area contributed by atoms with E-state index in [9.17, 15) is 9.59 Å². The van der Waals surface area contributed by atoms with Crippen molar-refractivity contribution < 1.29 is 19.1 Å². The van der Waals surface area contributed by atoms with E-state index in [2.05, 4.69) is 0 Å². The lowest BCUT2D eigenvalue weighted by molar-refractivity contribution is -0.126. The first-order valence-electron chi connectivity index (χ1n) is 9.53. The fraction of sp³-hybridized carbons (Fsp3) is 0.364. The Bertz CT molecular complexity index is 658. The molecule has 0 aliphatic carbocycles. The standard InChI is InChI=1S/C22H28N2O4/c1-3-23(19-11-7-5-8-12-19)21(25)17-27-15-16-28-18-22(26)24(4-2)20-13-9-6-10-14-20/h5-14H,3-4,15-18H2,1-2H3. The highest BCUT2D eigenvalue weighted by atomic mass is 16.5. The van der Waals surface area contributed by atoms with Gasteiger partial charge in [-0.15, -0.1) is 0 Å². The minimum absolute atomic E-state index is 0.0227. The lowest BCUT2D eigenvalue weighted by atomic mass is 10.3. The van der Waals surface area contributed by atoms with E-state index >= 15 is 0 Å². The van der Waals surface area contributed by atoms with Gasteiger partial charge >= 0.3 is 0 Å². The number of anilines is 2. The van der Waals surface area contributed by atoms with Gasteiger partial charge in [-0.25, -0.2) is 0 Å². The second-order valence-corrected chi connectivity index (χ2v) is 6.05. The number of carbonyl (C=O) groups excluding carboxylic acids is 2. The average molecular weight is 384 g/mol. The number of benzene rings is 2. The van der Waals surface area contributed by atoms with Crippen LogP contribution < -0.4 is 9.80 Å². The fourth-order valence-corrected chi connectivity index (χ4v) is 2.81. The van der Waals surface area contributed by atoms with Crippen LogP contribution in [0, 0.1) is 0 Å². The van der Waals surface area contributed by atoms with Crippen molar-refractivity contribution in [3.05, 3.63) is 60.7 Å². The van der Waals surface area contributed by atoms with E-state index in [1.165, 1.54) is 0 Å². The number of amides is 2. The molecule has 6 heteroatoms. The van der Waals surface area contributed by atoms with Crippen LogP contribution in [0.5, 0.6) is 0 Å². The number of para-hydroxylation sites is 2. The van der Waals surface area contributed by atoms with Gasteiger partial charge < -0.3 is 19.3 Å². The Morgan fingerprint density at radius 2 is 1.04 bits per heavy atom. The van der Waals surface area contributed by atoms with Crippen LogP contribution in [-0.2, 0) is 19.1 Å². The molecule has 0 N–H and O–H groups in total. The average Bonchev–Trinajstić information content (AvgIpc) is 2.73. The minimum Gasteiger partial charge on any atom is -0.369 e. The normalized spacial score (nSPS) is 10.5. The molecular weight excluding hydrogens is 356 g/mol. The van der Waals surface area contributed by atoms with Crippen molar-refractivity contribution >= 4 is 23.2 Å². The predicted molar refractivity (Wildman–Crippen MR) is 111 cm³/mol. The van der Waals surface area contributed by atoms with Crippen LogP contribution in [0.4, 0.5) is 11.4 Å². The SMILES string of the molecule is CCN(C(=O)COCCOCC(=O)N(CC)c1ccccc1)c1ccccc1. The summed E-state index contributed by atoms with van der Waals surface area (Å²) in [5, 5.41) is 0. The third kappa shape index (κ3) is 6.48. The smallest absolute Gasteiger partial charge is 0.252 e. The van der Waals surface area contributed by atoms with E-state index in [1.807, 2.05) is 74.5 Å². The van der Waals surface area contributed by atoms with Crippen molar-refractivity contribution in [1.29, 1.82) is 0 Å². The van der Waals surface area contributed by atoms with Crippen molar-refractivity contribution in [2.24, 2.45) is 0 Å². The van der Waals surface area contributed by atoms with E-state index in [1.54, 1.807) is 9.80 Å². The van der Waals surface area contributed by atoms with E-state index in [0.29, 0.717) is 13.1 Å². The molecule has 0 aromatic heterocycles. The summed E-state index contributed by atoms with van der Waals surface area (Å²) in [5.41, 5.74) is 1.70. The number of carbonyl (C=O) groups is 2. The minimum atomic E-state index is -0.106. The second kappa shape index (κ2) is 11.9. The van der Waals surface area contributed by atoms with Crippen LogP contribution in [0.1, 0.15) is 13.8 Å². The molecule has 150 valence electrons. The van der Waals surface area contributed by atoms with Crippen LogP contribution in [-0.4, -0.2) is 51.3 Å². The van der Waals surface area contributed by atoms with Crippen LogP contribution in [0.2, 0.25) is 0 Å². The number of rotatable bonds is 11. The summed E-state index contributed by atoms with van der Waals surface area (Å²) in [5.74, 6) is -0.211. The van der Waals surface area contributed by atoms with Gasteiger partial charge in [0.2, 0.25) is 0 Å². The third-order valence-corrected chi connectivity index (χ3v) is 4.19. The highest BCUT2D eigenvalue weighted by Crippen LogP contribution is 2.14. The van der Waals surface area contributed by atoms with Gasteiger partial charge in [0, 0.05) is 24.5 Å². The molecule has 0 saturated carbocycles. The van der Waals surface area contributed by atoms with Gasteiger partial charge in [-0.2, -0.15) is 0 Å². The molecule has 2 amide bonds. The zero-order chi connectivity index (χ0) is 20.2. The molecule has 0 saturated heterocycles. The Hall–Kier alpha value is -2.70. The largest absolute Gasteiger partial charge is 0.369 e. The molecule has 28 heavy (non-hydrogen) atoms. The molecule has 0 heterocycles. The summed E-state index contributed by atoms with van der Waals surface area (Å²) >= 11 is 0. The highest BCUT2D eigenvalue weighted by Gasteiger charge is 2.15. The van der Waals surface area contributed by atoms with Crippen LogP contribution in [0.3, 0.4) is 0 Å². The van der Waals surface area contributed by atoms with E-state index < -0.39 is 0 Å². The quantitative estimate of drug-likeness (QED) is 0.559. The summed E-state index contributed by atoms with van der Waals surface area (Å²) in [6, 6.07) is 19.0. The van der Waals surface area contributed by atoms with Gasteiger partial charge in [0.05, 0.1) is 13.2 Å². The molecule has 0 radical (unpaired) electrons. The maximum atomic E-state index is 12.3. The first-order chi connectivity index (χ1) is 13.7.